The molecule has 1 aromatic heterocycles. The second-order valence-corrected chi connectivity index (χ2v) is 14.6. The van der Waals surface area contributed by atoms with Crippen LogP contribution in [0.3, 0.4) is 0 Å². The predicted molar refractivity (Wildman–Crippen MR) is 246 cm³/mol. The molecule has 13 nitrogen and oxygen atoms in total. The van der Waals surface area contributed by atoms with E-state index in [1.165, 1.54) is 30.3 Å². The van der Waals surface area contributed by atoms with Crippen molar-refractivity contribution in [3.05, 3.63) is 221 Å². The fraction of sp³-hybridized carbons (Fsp3) is 0.0784. The van der Waals surface area contributed by atoms with Crippen molar-refractivity contribution in [2.75, 3.05) is 21.3 Å². The molecular weight excluding hydrogens is 807 g/mol. The predicted octanol–water partition coefficient (Wildman–Crippen LogP) is 9.07. The minimum absolute atomic E-state index is 0.109. The molecule has 0 radical (unpaired) electrons. The number of hydrogen-bond donors (Lipinski definition) is 6. The molecule has 0 aliphatic heterocycles. The van der Waals surface area contributed by atoms with E-state index in [2.05, 4.69) is 36.9 Å². The lowest BCUT2D eigenvalue weighted by molar-refractivity contribution is 0.0931. The van der Waals surface area contributed by atoms with E-state index in [4.69, 9.17) is 0 Å². The van der Waals surface area contributed by atoms with Crippen molar-refractivity contribution >= 4 is 58.2 Å². The van der Waals surface area contributed by atoms with E-state index in [0.29, 0.717) is 0 Å². The van der Waals surface area contributed by atoms with Crippen LogP contribution in [-0.4, -0.2) is 40.4 Å². The van der Waals surface area contributed by atoms with Gasteiger partial charge in [0.15, 0.2) is 0 Å². The molecule has 7 rings (SSSR count). The molecule has 0 unspecified atom stereocenters. The Morgan fingerprint density at radius 3 is 0.953 bits per heavy atom. The number of benzene rings is 6. The molecule has 0 saturated carbocycles. The van der Waals surface area contributed by atoms with Gasteiger partial charge in [-0.25, -0.2) is 4.98 Å². The summed E-state index contributed by atoms with van der Waals surface area (Å²) < 4.78 is 0. The average Bonchev–Trinajstić information content (AvgIpc) is 3.32. The van der Waals surface area contributed by atoms with E-state index >= 15 is 0 Å². The van der Waals surface area contributed by atoms with Gasteiger partial charge in [0.25, 0.3) is 35.4 Å². The molecule has 6 amide bonds. The van der Waals surface area contributed by atoms with Crippen LogP contribution in [0.1, 0.15) is 99.5 Å². The highest BCUT2D eigenvalue weighted by Gasteiger charge is 2.22. The molecule has 7 aromatic rings. The normalized spacial score (nSPS) is 11.5. The van der Waals surface area contributed by atoms with Gasteiger partial charge in [0.05, 0.1) is 57.1 Å². The second-order valence-electron chi connectivity index (χ2n) is 14.6. The van der Waals surface area contributed by atoms with E-state index in [-0.39, 0.29) is 80.3 Å². The number of aromatic nitrogens is 1. The number of rotatable bonds is 14. The molecule has 64 heavy (non-hydrogen) atoms. The summed E-state index contributed by atoms with van der Waals surface area (Å²) in [7, 11) is 0. The monoisotopic (exact) mass is 849 g/mol. The first-order valence-electron chi connectivity index (χ1n) is 20.4. The lowest BCUT2D eigenvalue weighted by Crippen LogP contribution is -2.28. The summed E-state index contributed by atoms with van der Waals surface area (Å²) in [5.74, 6) is -3.34. The van der Waals surface area contributed by atoms with Gasteiger partial charge in [-0.3, -0.25) is 28.8 Å². The summed E-state index contributed by atoms with van der Waals surface area (Å²) >= 11 is 0. The molecular formula is C51H43N7O6. The molecule has 0 bridgehead atoms. The van der Waals surface area contributed by atoms with Crippen molar-refractivity contribution in [1.29, 1.82) is 0 Å². The third-order valence-electron chi connectivity index (χ3n) is 10.2. The largest absolute Gasteiger partial charge is 0.345 e. The molecule has 0 aliphatic carbocycles. The summed E-state index contributed by atoms with van der Waals surface area (Å²) in [6.45, 7) is 3.73. The van der Waals surface area contributed by atoms with E-state index < -0.39 is 23.6 Å². The van der Waals surface area contributed by atoms with Crippen LogP contribution < -0.4 is 31.9 Å². The van der Waals surface area contributed by atoms with Gasteiger partial charge in [0.1, 0.15) is 11.4 Å². The lowest BCUT2D eigenvalue weighted by atomic mass is 10.1. The van der Waals surface area contributed by atoms with Crippen LogP contribution in [0.15, 0.2) is 176 Å². The number of carbonyl (C=O) groups excluding carboxylic acids is 6. The Bertz CT molecular complexity index is 2660. The maximum Gasteiger partial charge on any atom is 0.274 e. The topological polar surface area (TPSA) is 187 Å². The summed E-state index contributed by atoms with van der Waals surface area (Å²) in [6, 6.07) is 48.6. The Kier molecular flexibility index (Phi) is 13.7. The standard InChI is InChI=1S/C51H43N7O6/c1-32(34-18-5-3-6-19-34)52-46(59)36-22-9-13-26-40(36)55-48(61)38-24-11-15-28-42(38)57-50(63)44-30-17-31-45(54-44)51(64)58-43-29-16-12-25-39(43)49(62)56-41-27-14-10-23-37(41)47(60)53-33(2)35-20-7-4-8-21-35/h3-33H,1-2H3,(H,52,59)(H,53,60)(H,55,61)(H,56,62)(H,57,63)(H,58,64)/t32-,33-/m1/s1. The fourth-order valence-corrected chi connectivity index (χ4v) is 6.80. The molecule has 0 saturated heterocycles. The van der Waals surface area contributed by atoms with Crippen LogP contribution in [0.4, 0.5) is 22.7 Å². The van der Waals surface area contributed by atoms with Gasteiger partial charge in [-0.1, -0.05) is 115 Å². The maximum atomic E-state index is 13.7. The van der Waals surface area contributed by atoms with Gasteiger partial charge in [0.2, 0.25) is 0 Å². The van der Waals surface area contributed by atoms with Crippen molar-refractivity contribution < 1.29 is 28.8 Å². The first-order valence-corrected chi connectivity index (χ1v) is 20.4. The smallest absolute Gasteiger partial charge is 0.274 e. The zero-order chi connectivity index (χ0) is 45.0. The summed E-state index contributed by atoms with van der Waals surface area (Å²) in [6.07, 6.45) is 0. The number of nitrogens with zero attached hydrogens (tertiary/aromatic N) is 1. The minimum atomic E-state index is -0.704. The summed E-state index contributed by atoms with van der Waals surface area (Å²) in [4.78, 5) is 85.5. The van der Waals surface area contributed by atoms with Crippen molar-refractivity contribution in [2.24, 2.45) is 0 Å². The van der Waals surface area contributed by atoms with Crippen LogP contribution in [0.25, 0.3) is 0 Å². The van der Waals surface area contributed by atoms with Crippen LogP contribution in [0.2, 0.25) is 0 Å². The van der Waals surface area contributed by atoms with E-state index in [1.54, 1.807) is 84.9 Å². The number of para-hydroxylation sites is 4. The molecule has 0 fully saturated rings. The molecule has 13 heteroatoms. The van der Waals surface area contributed by atoms with Gasteiger partial charge < -0.3 is 31.9 Å². The zero-order valence-electron chi connectivity index (χ0n) is 34.8. The highest BCUT2D eigenvalue weighted by Crippen LogP contribution is 2.24. The first-order chi connectivity index (χ1) is 31.0. The van der Waals surface area contributed by atoms with Gasteiger partial charge in [-0.15, -0.1) is 0 Å². The average molecular weight is 850 g/mol. The number of pyridine rings is 1. The summed E-state index contributed by atoms with van der Waals surface area (Å²) in [5, 5.41) is 17.0. The molecule has 1 heterocycles. The zero-order valence-corrected chi connectivity index (χ0v) is 34.8. The van der Waals surface area contributed by atoms with E-state index in [1.807, 2.05) is 74.5 Å². The molecule has 6 N–H and O–H groups in total. The number of nitrogens with one attached hydrogen (secondary N) is 6. The minimum Gasteiger partial charge on any atom is -0.345 e. The summed E-state index contributed by atoms with van der Waals surface area (Å²) in [5.41, 5.74) is 3.17. The second kappa shape index (κ2) is 20.2. The molecule has 0 spiro atoms. The van der Waals surface area contributed by atoms with Crippen molar-refractivity contribution in [2.45, 2.75) is 25.9 Å². The number of carbonyl (C=O) groups is 6. The lowest BCUT2D eigenvalue weighted by Gasteiger charge is -2.17. The van der Waals surface area contributed by atoms with Gasteiger partial charge in [-0.2, -0.15) is 0 Å². The molecule has 0 aliphatic rings. The Morgan fingerprint density at radius 2 is 0.609 bits per heavy atom. The van der Waals surface area contributed by atoms with Gasteiger partial charge in [0, 0.05) is 0 Å². The van der Waals surface area contributed by atoms with Crippen molar-refractivity contribution in [3.8, 4) is 0 Å². The Balaban J connectivity index is 1.01. The van der Waals surface area contributed by atoms with Crippen LogP contribution in [0.5, 0.6) is 0 Å². The first kappa shape index (κ1) is 43.4. The van der Waals surface area contributed by atoms with Crippen molar-refractivity contribution in [3.63, 3.8) is 0 Å². The van der Waals surface area contributed by atoms with Crippen molar-refractivity contribution in [1.82, 2.24) is 15.6 Å². The van der Waals surface area contributed by atoms with Gasteiger partial charge in [-0.05, 0) is 85.6 Å². The highest BCUT2D eigenvalue weighted by atomic mass is 16.2. The maximum absolute atomic E-state index is 13.7. The molecule has 318 valence electrons. The molecule has 2 atom stereocenters. The number of anilines is 4. The van der Waals surface area contributed by atoms with E-state index in [9.17, 15) is 28.8 Å². The number of hydrogen-bond acceptors (Lipinski definition) is 7. The Hall–Kier alpha value is -8.71. The fourth-order valence-electron chi connectivity index (χ4n) is 6.80. The third-order valence-corrected chi connectivity index (χ3v) is 10.2. The Morgan fingerprint density at radius 1 is 0.328 bits per heavy atom. The highest BCUT2D eigenvalue weighted by molar-refractivity contribution is 6.16. The van der Waals surface area contributed by atoms with Crippen LogP contribution in [0, 0.1) is 0 Å². The van der Waals surface area contributed by atoms with Gasteiger partial charge >= 0.3 is 0 Å². The Labute approximate surface area is 369 Å². The number of amides is 6. The third kappa shape index (κ3) is 10.6. The van der Waals surface area contributed by atoms with Crippen LogP contribution in [-0.2, 0) is 0 Å². The van der Waals surface area contributed by atoms with E-state index in [0.717, 1.165) is 11.1 Å². The SMILES string of the molecule is C[C@@H](NC(=O)c1ccccc1NC(=O)c1ccccc1NC(=O)c1cccc(C(=O)Nc2ccccc2C(=O)Nc2ccccc2C(=O)N[C@H](C)c2ccccc2)n1)c1ccccc1. The quantitative estimate of drug-likeness (QED) is 0.0630. The van der Waals surface area contributed by atoms with Crippen LogP contribution >= 0.6 is 0 Å². The molecule has 6 aromatic carbocycles.